The Labute approximate surface area is 130 Å². The van der Waals surface area contributed by atoms with E-state index in [9.17, 15) is 4.79 Å². The average Bonchev–Trinajstić information content (AvgIpc) is 3.21. The third-order valence-electron chi connectivity index (χ3n) is 3.99. The maximum atomic E-state index is 10.7. The molecule has 21 heavy (non-hydrogen) atoms. The van der Waals surface area contributed by atoms with Gasteiger partial charge in [0.05, 0.1) is 6.61 Å². The minimum atomic E-state index is -0.908. The molecule has 0 aliphatic heterocycles. The summed E-state index contributed by atoms with van der Waals surface area (Å²) < 4.78 is 5.22. The maximum Gasteiger partial charge on any atom is 0.328 e. The summed E-state index contributed by atoms with van der Waals surface area (Å²) in [5, 5.41) is 10.8. The Morgan fingerprint density at radius 2 is 2.38 bits per heavy atom. The molecule has 0 bridgehead atoms. The lowest BCUT2D eigenvalue weighted by atomic mass is 10.1. The van der Waals surface area contributed by atoms with E-state index in [4.69, 9.17) is 9.84 Å². The van der Waals surface area contributed by atoms with E-state index in [2.05, 4.69) is 11.8 Å². The molecule has 1 heterocycles. The van der Waals surface area contributed by atoms with E-state index in [1.807, 2.05) is 11.4 Å². The van der Waals surface area contributed by atoms with Crippen LogP contribution in [0.2, 0.25) is 0 Å². The van der Waals surface area contributed by atoms with Gasteiger partial charge in [0.15, 0.2) is 0 Å². The van der Waals surface area contributed by atoms with Gasteiger partial charge in [-0.25, -0.2) is 4.79 Å². The number of carboxylic acid groups (broad SMARTS) is 1. The summed E-state index contributed by atoms with van der Waals surface area (Å²) >= 11 is 1.69. The monoisotopic (exact) mass is 309 g/mol. The number of hydrogen-bond donors (Lipinski definition) is 1. The number of hydrogen-bond acceptors (Lipinski definition) is 4. The molecule has 0 spiro atoms. The number of thiophene rings is 1. The third-order valence-corrected chi connectivity index (χ3v) is 4.92. The molecule has 1 fully saturated rings. The predicted octanol–water partition coefficient (Wildman–Crippen LogP) is 3.09. The lowest BCUT2D eigenvalue weighted by Crippen LogP contribution is -2.36. The Hall–Kier alpha value is -1.17. The molecular formula is C16H23NO3S. The van der Waals surface area contributed by atoms with Crippen LogP contribution in [-0.2, 0) is 16.1 Å². The van der Waals surface area contributed by atoms with Crippen LogP contribution in [0.15, 0.2) is 17.5 Å². The maximum absolute atomic E-state index is 10.7. The van der Waals surface area contributed by atoms with E-state index in [0.29, 0.717) is 6.04 Å². The second-order valence-corrected chi connectivity index (χ2v) is 6.51. The molecule has 0 aromatic carbocycles. The summed E-state index contributed by atoms with van der Waals surface area (Å²) in [6.45, 7) is 4.78. The van der Waals surface area contributed by atoms with Gasteiger partial charge in [-0.05, 0) is 48.8 Å². The van der Waals surface area contributed by atoms with Crippen molar-refractivity contribution >= 4 is 23.4 Å². The largest absolute Gasteiger partial charge is 0.478 e. The van der Waals surface area contributed by atoms with E-state index < -0.39 is 5.97 Å². The zero-order chi connectivity index (χ0) is 15.2. The Morgan fingerprint density at radius 3 is 3.00 bits per heavy atom. The van der Waals surface area contributed by atoms with Crippen molar-refractivity contribution in [3.8, 4) is 0 Å². The molecule has 0 saturated heterocycles. The molecule has 1 aromatic rings. The van der Waals surface area contributed by atoms with Crippen molar-refractivity contribution in [2.45, 2.75) is 32.4 Å². The smallest absolute Gasteiger partial charge is 0.328 e. The summed E-state index contributed by atoms with van der Waals surface area (Å²) in [5.41, 5.74) is 1.01. The number of carbonyl (C=O) groups is 1. The third kappa shape index (κ3) is 4.95. The second kappa shape index (κ2) is 7.73. The molecule has 1 unspecified atom stereocenters. The molecule has 1 aliphatic carbocycles. The van der Waals surface area contributed by atoms with Crippen molar-refractivity contribution in [3.63, 3.8) is 0 Å². The van der Waals surface area contributed by atoms with Crippen LogP contribution in [0, 0.1) is 5.92 Å². The minimum absolute atomic E-state index is 0.554. The van der Waals surface area contributed by atoms with E-state index >= 15 is 0 Å². The lowest BCUT2D eigenvalue weighted by molar-refractivity contribution is -0.131. The molecule has 0 amide bonds. The van der Waals surface area contributed by atoms with Crippen LogP contribution in [0.25, 0.3) is 6.08 Å². The summed E-state index contributed by atoms with van der Waals surface area (Å²) in [6, 6.07) is 2.54. The summed E-state index contributed by atoms with van der Waals surface area (Å²) in [7, 11) is 1.73. The first-order valence-electron chi connectivity index (χ1n) is 7.32. The van der Waals surface area contributed by atoms with Crippen molar-refractivity contribution in [1.82, 2.24) is 4.90 Å². The fourth-order valence-corrected chi connectivity index (χ4v) is 3.38. The summed E-state index contributed by atoms with van der Waals surface area (Å²) in [6.07, 6.45) is 5.53. The highest BCUT2D eigenvalue weighted by atomic mass is 32.1. The quantitative estimate of drug-likeness (QED) is 0.712. The van der Waals surface area contributed by atoms with Gasteiger partial charge in [0.25, 0.3) is 0 Å². The predicted molar refractivity (Wildman–Crippen MR) is 85.5 cm³/mol. The van der Waals surface area contributed by atoms with Crippen LogP contribution in [0.1, 0.15) is 30.2 Å². The molecule has 5 heteroatoms. The van der Waals surface area contributed by atoms with Gasteiger partial charge in [0, 0.05) is 37.2 Å². The first-order valence-corrected chi connectivity index (χ1v) is 8.20. The number of nitrogens with zero attached hydrogens (tertiary/aromatic N) is 1. The van der Waals surface area contributed by atoms with Crippen LogP contribution in [0.3, 0.4) is 0 Å². The Morgan fingerprint density at radius 1 is 1.62 bits per heavy atom. The van der Waals surface area contributed by atoms with Crippen molar-refractivity contribution in [1.29, 1.82) is 0 Å². The number of ether oxygens (including phenoxy) is 1. The molecule has 1 aromatic heterocycles. The first-order chi connectivity index (χ1) is 10.1. The van der Waals surface area contributed by atoms with Crippen molar-refractivity contribution < 1.29 is 14.6 Å². The first kappa shape index (κ1) is 16.2. The van der Waals surface area contributed by atoms with Crippen LogP contribution in [0.4, 0.5) is 0 Å². The molecule has 0 radical (unpaired) electrons. The SMILES string of the molecule is COCCN(Cc1sccc1C=CC(=O)O)C(C)C1CC1. The van der Waals surface area contributed by atoms with Crippen LogP contribution in [0.5, 0.6) is 0 Å². The highest BCUT2D eigenvalue weighted by molar-refractivity contribution is 7.10. The van der Waals surface area contributed by atoms with Crippen LogP contribution >= 0.6 is 11.3 Å². The van der Waals surface area contributed by atoms with E-state index in [1.165, 1.54) is 23.8 Å². The van der Waals surface area contributed by atoms with Gasteiger partial charge in [0.2, 0.25) is 0 Å². The van der Waals surface area contributed by atoms with E-state index in [1.54, 1.807) is 24.5 Å². The lowest BCUT2D eigenvalue weighted by Gasteiger charge is -2.28. The van der Waals surface area contributed by atoms with Gasteiger partial charge < -0.3 is 9.84 Å². The van der Waals surface area contributed by atoms with Crippen molar-refractivity contribution in [2.75, 3.05) is 20.3 Å². The Kier molecular flexibility index (Phi) is 5.96. The highest BCUT2D eigenvalue weighted by Crippen LogP contribution is 2.36. The van der Waals surface area contributed by atoms with Gasteiger partial charge in [-0.3, -0.25) is 4.90 Å². The molecular weight excluding hydrogens is 286 g/mol. The minimum Gasteiger partial charge on any atom is -0.478 e. The zero-order valence-electron chi connectivity index (χ0n) is 12.6. The Balaban J connectivity index is 2.05. The number of aliphatic carboxylic acids is 1. The average molecular weight is 309 g/mol. The van der Waals surface area contributed by atoms with Crippen molar-refractivity contribution in [3.05, 3.63) is 28.0 Å². The highest BCUT2D eigenvalue weighted by Gasteiger charge is 2.32. The van der Waals surface area contributed by atoms with Gasteiger partial charge in [-0.1, -0.05) is 0 Å². The van der Waals surface area contributed by atoms with Crippen molar-refractivity contribution in [2.24, 2.45) is 5.92 Å². The van der Waals surface area contributed by atoms with Gasteiger partial charge in [0.1, 0.15) is 0 Å². The fraction of sp³-hybridized carbons (Fsp3) is 0.562. The van der Waals surface area contributed by atoms with Crippen LogP contribution in [-0.4, -0.2) is 42.3 Å². The topological polar surface area (TPSA) is 49.8 Å². The molecule has 116 valence electrons. The zero-order valence-corrected chi connectivity index (χ0v) is 13.4. The molecule has 4 nitrogen and oxygen atoms in total. The fourth-order valence-electron chi connectivity index (χ4n) is 2.49. The van der Waals surface area contributed by atoms with E-state index in [-0.39, 0.29) is 0 Å². The normalized spacial score (nSPS) is 16.7. The molecule has 2 rings (SSSR count). The number of methoxy groups -OCH3 is 1. The molecule has 1 aliphatic rings. The second-order valence-electron chi connectivity index (χ2n) is 5.51. The van der Waals surface area contributed by atoms with E-state index in [0.717, 1.165) is 31.2 Å². The molecule has 1 N–H and O–H groups in total. The Bertz CT molecular complexity index is 493. The standard InChI is InChI=1S/C16H23NO3S/c1-12(13-3-4-13)17(8-9-20-2)11-15-14(7-10-21-15)5-6-16(18)19/h5-7,10,12-13H,3-4,8-9,11H2,1-2H3,(H,18,19). The summed E-state index contributed by atoms with van der Waals surface area (Å²) in [4.78, 5) is 14.3. The number of carboxylic acids is 1. The van der Waals surface area contributed by atoms with Crippen LogP contribution < -0.4 is 0 Å². The molecule has 1 atom stereocenters. The molecule has 1 saturated carbocycles. The summed E-state index contributed by atoms with van der Waals surface area (Å²) in [5.74, 6) is -0.102. The number of rotatable bonds is 9. The van der Waals surface area contributed by atoms with Gasteiger partial charge in [-0.2, -0.15) is 0 Å². The van der Waals surface area contributed by atoms with Gasteiger partial charge in [-0.15, -0.1) is 11.3 Å². The van der Waals surface area contributed by atoms with Gasteiger partial charge >= 0.3 is 5.97 Å².